The number of carbonyl (C=O) groups is 2. The maximum atomic E-state index is 12.0. The normalized spacial score (nSPS) is 11.1. The molecule has 0 saturated heterocycles. The van der Waals surface area contributed by atoms with Gasteiger partial charge in [0, 0.05) is 5.56 Å². The molecule has 0 aliphatic carbocycles. The van der Waals surface area contributed by atoms with Crippen LogP contribution in [0.1, 0.15) is 13.8 Å². The molecule has 8 heteroatoms. The number of hydrogen-bond acceptors (Lipinski definition) is 6. The van der Waals surface area contributed by atoms with Gasteiger partial charge in [-0.15, -0.1) is 5.10 Å². The summed E-state index contributed by atoms with van der Waals surface area (Å²) in [5.74, 6) is -1.79. The Labute approximate surface area is 132 Å². The molecule has 2 rings (SSSR count). The van der Waals surface area contributed by atoms with E-state index >= 15 is 0 Å². The van der Waals surface area contributed by atoms with Crippen molar-refractivity contribution in [3.05, 3.63) is 40.9 Å². The lowest BCUT2D eigenvalue weighted by molar-refractivity contribution is -0.149. The zero-order chi connectivity index (χ0) is 17.0. The Morgan fingerprint density at radius 2 is 1.96 bits per heavy atom. The summed E-state index contributed by atoms with van der Waals surface area (Å²) in [6.45, 7) is 2.63. The molecule has 8 nitrogen and oxygen atoms in total. The molecule has 1 amide bonds. The summed E-state index contributed by atoms with van der Waals surface area (Å²) in [6.07, 6.45) is 0. The number of nitrogens with zero attached hydrogens (tertiary/aromatic N) is 2. The third-order valence-corrected chi connectivity index (χ3v) is 3.07. The second kappa shape index (κ2) is 6.47. The van der Waals surface area contributed by atoms with E-state index in [0.717, 1.165) is 4.68 Å². The van der Waals surface area contributed by atoms with Gasteiger partial charge in [0.05, 0.1) is 7.11 Å². The molecule has 1 aromatic heterocycles. The monoisotopic (exact) mass is 319 g/mol. The van der Waals surface area contributed by atoms with Crippen molar-refractivity contribution < 1.29 is 18.7 Å². The standard InChI is InChI=1S/C15H17N3O5/c1-15(2,13(20)22-3)16-11(19)9-18-14(21)23-12(17-18)10-7-5-4-6-8-10/h4-8H,9H2,1-3H3,(H,16,19). The van der Waals surface area contributed by atoms with Gasteiger partial charge in [-0.05, 0) is 26.0 Å². The largest absolute Gasteiger partial charge is 0.467 e. The summed E-state index contributed by atoms with van der Waals surface area (Å²) in [7, 11) is 1.23. The summed E-state index contributed by atoms with van der Waals surface area (Å²) in [4.78, 5) is 35.3. The van der Waals surface area contributed by atoms with Crippen molar-refractivity contribution >= 4 is 11.9 Å². The van der Waals surface area contributed by atoms with Crippen LogP contribution in [0.4, 0.5) is 0 Å². The molecule has 0 fully saturated rings. The molecule has 23 heavy (non-hydrogen) atoms. The van der Waals surface area contributed by atoms with E-state index in [1.807, 2.05) is 6.07 Å². The van der Waals surface area contributed by atoms with Gasteiger partial charge in [0.15, 0.2) is 0 Å². The average Bonchev–Trinajstić information content (AvgIpc) is 2.87. The maximum Gasteiger partial charge on any atom is 0.437 e. The Morgan fingerprint density at radius 1 is 1.30 bits per heavy atom. The van der Waals surface area contributed by atoms with Gasteiger partial charge in [0.2, 0.25) is 11.8 Å². The van der Waals surface area contributed by atoms with Crippen LogP contribution in [-0.2, 0) is 20.9 Å². The highest BCUT2D eigenvalue weighted by Crippen LogP contribution is 2.13. The van der Waals surface area contributed by atoms with Crippen molar-refractivity contribution in [1.82, 2.24) is 15.1 Å². The fourth-order valence-electron chi connectivity index (χ4n) is 1.93. The second-order valence-electron chi connectivity index (χ2n) is 5.36. The molecule has 0 bridgehead atoms. The fourth-order valence-corrected chi connectivity index (χ4v) is 1.93. The molecular weight excluding hydrogens is 302 g/mol. The van der Waals surface area contributed by atoms with Crippen LogP contribution in [0, 0.1) is 0 Å². The molecule has 1 N–H and O–H groups in total. The highest BCUT2D eigenvalue weighted by atomic mass is 16.5. The number of methoxy groups -OCH3 is 1. The van der Waals surface area contributed by atoms with Gasteiger partial charge in [-0.3, -0.25) is 4.79 Å². The lowest BCUT2D eigenvalue weighted by Crippen LogP contribution is -2.51. The molecule has 1 aromatic carbocycles. The van der Waals surface area contributed by atoms with Gasteiger partial charge in [-0.2, -0.15) is 4.68 Å². The van der Waals surface area contributed by atoms with E-state index < -0.39 is 23.2 Å². The van der Waals surface area contributed by atoms with Crippen molar-refractivity contribution in [1.29, 1.82) is 0 Å². The Balaban J connectivity index is 2.12. The van der Waals surface area contributed by atoms with Gasteiger partial charge in [0.1, 0.15) is 12.1 Å². The summed E-state index contributed by atoms with van der Waals surface area (Å²) < 4.78 is 10.5. The van der Waals surface area contributed by atoms with Crippen molar-refractivity contribution in [2.45, 2.75) is 25.9 Å². The number of ether oxygens (including phenoxy) is 1. The molecule has 0 radical (unpaired) electrons. The molecule has 2 aromatic rings. The number of carbonyl (C=O) groups excluding carboxylic acids is 2. The van der Waals surface area contributed by atoms with Crippen LogP contribution >= 0.6 is 0 Å². The SMILES string of the molecule is COC(=O)C(C)(C)NC(=O)Cn1nc(-c2ccccc2)oc1=O. The van der Waals surface area contributed by atoms with E-state index in [-0.39, 0.29) is 12.4 Å². The van der Waals surface area contributed by atoms with Crippen molar-refractivity contribution in [3.8, 4) is 11.5 Å². The number of benzene rings is 1. The number of nitrogens with one attached hydrogen (secondary N) is 1. The van der Waals surface area contributed by atoms with E-state index in [9.17, 15) is 14.4 Å². The third kappa shape index (κ3) is 3.85. The summed E-state index contributed by atoms with van der Waals surface area (Å²) in [6, 6.07) is 8.84. The molecule has 0 unspecified atom stereocenters. The zero-order valence-corrected chi connectivity index (χ0v) is 13.0. The lowest BCUT2D eigenvalue weighted by Gasteiger charge is -2.22. The molecule has 1 heterocycles. The minimum absolute atomic E-state index is 0.121. The minimum atomic E-state index is -1.21. The van der Waals surface area contributed by atoms with Gasteiger partial charge >= 0.3 is 11.7 Å². The third-order valence-electron chi connectivity index (χ3n) is 3.07. The average molecular weight is 319 g/mol. The number of rotatable bonds is 5. The number of hydrogen-bond donors (Lipinski definition) is 1. The Bertz CT molecular complexity index is 761. The van der Waals surface area contributed by atoms with Gasteiger partial charge < -0.3 is 14.5 Å². The van der Waals surface area contributed by atoms with Crippen LogP contribution in [0.2, 0.25) is 0 Å². The molecule has 0 aliphatic heterocycles. The first-order valence-electron chi connectivity index (χ1n) is 6.86. The van der Waals surface area contributed by atoms with Crippen molar-refractivity contribution in [2.75, 3.05) is 7.11 Å². The molecule has 0 spiro atoms. The van der Waals surface area contributed by atoms with Crippen LogP contribution in [0.25, 0.3) is 11.5 Å². The number of aromatic nitrogens is 2. The first-order valence-corrected chi connectivity index (χ1v) is 6.86. The molecule has 0 atom stereocenters. The quantitative estimate of drug-likeness (QED) is 0.808. The number of esters is 1. The lowest BCUT2D eigenvalue weighted by atomic mass is 10.1. The molecular formula is C15H17N3O5. The summed E-state index contributed by atoms with van der Waals surface area (Å²) >= 11 is 0. The molecule has 0 aliphatic rings. The smallest absolute Gasteiger partial charge is 0.437 e. The Morgan fingerprint density at radius 3 is 2.57 bits per heavy atom. The predicted octanol–water partition coefficient (Wildman–Crippen LogP) is 0.571. The van der Waals surface area contributed by atoms with Gasteiger partial charge in [-0.1, -0.05) is 18.2 Å². The minimum Gasteiger partial charge on any atom is -0.467 e. The van der Waals surface area contributed by atoms with E-state index in [0.29, 0.717) is 5.56 Å². The molecule has 122 valence electrons. The maximum absolute atomic E-state index is 12.0. The highest BCUT2D eigenvalue weighted by molar-refractivity contribution is 5.87. The van der Waals surface area contributed by atoms with Gasteiger partial charge in [-0.25, -0.2) is 9.59 Å². The fraction of sp³-hybridized carbons (Fsp3) is 0.333. The van der Waals surface area contributed by atoms with Crippen LogP contribution in [0.3, 0.4) is 0 Å². The van der Waals surface area contributed by atoms with Crippen molar-refractivity contribution in [2.24, 2.45) is 0 Å². The van der Waals surface area contributed by atoms with E-state index in [1.165, 1.54) is 21.0 Å². The van der Waals surface area contributed by atoms with E-state index in [1.54, 1.807) is 24.3 Å². The molecule has 0 saturated carbocycles. The van der Waals surface area contributed by atoms with Crippen molar-refractivity contribution in [3.63, 3.8) is 0 Å². The Hall–Kier alpha value is -2.90. The number of amides is 1. The topological polar surface area (TPSA) is 103 Å². The second-order valence-corrected chi connectivity index (χ2v) is 5.36. The van der Waals surface area contributed by atoms with Gasteiger partial charge in [0.25, 0.3) is 0 Å². The predicted molar refractivity (Wildman–Crippen MR) is 80.4 cm³/mol. The summed E-state index contributed by atoms with van der Waals surface area (Å²) in [5, 5.41) is 6.45. The van der Waals surface area contributed by atoms with Crippen LogP contribution in [0.15, 0.2) is 39.5 Å². The summed E-state index contributed by atoms with van der Waals surface area (Å²) in [5.41, 5.74) is -0.583. The van der Waals surface area contributed by atoms with Crippen LogP contribution in [-0.4, -0.2) is 34.3 Å². The van der Waals surface area contributed by atoms with Crippen LogP contribution < -0.4 is 11.1 Å². The first kappa shape index (κ1) is 16.5. The van der Waals surface area contributed by atoms with E-state index in [4.69, 9.17) is 4.42 Å². The first-order chi connectivity index (χ1) is 10.8. The Kier molecular flexibility index (Phi) is 4.63. The van der Waals surface area contributed by atoms with Crippen LogP contribution in [0.5, 0.6) is 0 Å². The highest BCUT2D eigenvalue weighted by Gasteiger charge is 2.30. The zero-order valence-electron chi connectivity index (χ0n) is 13.0. The van der Waals surface area contributed by atoms with E-state index in [2.05, 4.69) is 15.2 Å².